The zero-order valence-corrected chi connectivity index (χ0v) is 77.9. The Labute approximate surface area is 831 Å². The predicted octanol–water partition coefficient (Wildman–Crippen LogP) is -6.50. The van der Waals surface area contributed by atoms with E-state index in [1.807, 2.05) is 0 Å². The van der Waals surface area contributed by atoms with Crippen molar-refractivity contribution in [2.75, 3.05) is 33.5 Å². The van der Waals surface area contributed by atoms with Gasteiger partial charge >= 0.3 is 5.97 Å². The molecule has 17 bridgehead atoms. The third-order valence-electron chi connectivity index (χ3n) is 27.1. The summed E-state index contributed by atoms with van der Waals surface area (Å²) in [5.74, 6) is -17.8. The lowest BCUT2D eigenvalue weighted by atomic mass is 9.89. The van der Waals surface area contributed by atoms with E-state index < -0.39 is 386 Å². The van der Waals surface area contributed by atoms with E-state index in [4.69, 9.17) is 87.3 Å². The third-order valence-corrected chi connectivity index (χ3v) is 27.1. The monoisotopic (exact) mass is 2070 g/mol. The van der Waals surface area contributed by atoms with Gasteiger partial charge in [0.15, 0.2) is 60.3 Å². The van der Waals surface area contributed by atoms with Gasteiger partial charge in [-0.1, -0.05) is 36.4 Å². The molecule has 31 N–H and O–H groups in total. The van der Waals surface area contributed by atoms with Gasteiger partial charge in [-0.25, -0.2) is 4.79 Å². The molecule has 12 aliphatic rings. The molecule has 147 heavy (non-hydrogen) atoms. The number of aromatic hydroxyl groups is 4. The number of fused-ring (bicyclic) bond motifs is 14. The highest BCUT2D eigenvalue weighted by Gasteiger charge is 2.57. The SMILES string of the molecule is COC(=O)[C@H]1NC(=O)[C@H]2NC(=O)[C@H](NC(=O)[C@@H]3NC(=O)[C@H]4NC(=O)[C@H](NC(=O)[C@H](N)c5ccc(O)c(c5)Oc5cc4cc(O)c5C)[C@H](O)c4ccc(cc4)Oc4cc3cc(c4O[C@H]3O[C@H](CO[C@H]4O[C@H](C)[C@@H](O)[C@@H](O)[C@@H]4O)[C@H](O)[C@H](O)[C@H]3O[C@H]3O[C@@H](CO)[C@@H](O)[C@@H](O)[C@H]3O[C@H]3OC[C@@H](O)[C@@H](O)[C@H]3O)Oc3ccc(cc3)[C@H]2O[C@@H]2C[C@@H](N)[C@@H](O)[C@@H](C)O2)c2ccc(O)c(c2)-c2c(O[C@@H]3O[C@H](CO)[C@@H](O)[C@@H](O)[C@@H]3O)cc(O)cc21. The molecule has 0 aromatic heterocycles. The summed E-state index contributed by atoms with van der Waals surface area (Å²) in [4.78, 5) is 113. The van der Waals surface area contributed by atoms with E-state index >= 15 is 24.0 Å². The molecule has 7 aromatic carbocycles. The van der Waals surface area contributed by atoms with Gasteiger partial charge in [0.2, 0.25) is 53.8 Å². The fourth-order valence-corrected chi connectivity index (χ4v) is 18.6. The third kappa shape index (κ3) is 21.4. The van der Waals surface area contributed by atoms with Crippen LogP contribution in [-0.2, 0) is 85.7 Å². The minimum absolute atomic E-state index is 0.0673. The molecule has 6 amide bonds. The maximum atomic E-state index is 17.3. The van der Waals surface area contributed by atoms with Crippen LogP contribution < -0.4 is 67.1 Å². The highest BCUT2D eigenvalue weighted by atomic mass is 16.8. The predicted molar refractivity (Wildman–Crippen MR) is 483 cm³/mol. The number of hydrogen-bond donors (Lipinski definition) is 29. The van der Waals surface area contributed by atoms with Gasteiger partial charge in [0.1, 0.15) is 192 Å². The number of aliphatic hydroxyl groups is 17. The van der Waals surface area contributed by atoms with Crippen molar-refractivity contribution in [3.05, 3.63) is 166 Å². The highest BCUT2D eigenvalue weighted by Crippen LogP contribution is 2.51. The first-order valence-corrected chi connectivity index (χ1v) is 46.4. The maximum Gasteiger partial charge on any atom is 0.333 e. The van der Waals surface area contributed by atoms with Crippen molar-refractivity contribution < 1.29 is 217 Å². The molecule has 12 heterocycles. The lowest BCUT2D eigenvalue weighted by molar-refractivity contribution is -0.385. The molecule has 6 saturated heterocycles. The largest absolute Gasteiger partial charge is 0.508 e. The van der Waals surface area contributed by atoms with E-state index in [9.17, 15) is 117 Å². The minimum atomic E-state index is -2.60. The summed E-state index contributed by atoms with van der Waals surface area (Å²) < 4.78 is 99.8. The van der Waals surface area contributed by atoms with Crippen LogP contribution in [0.2, 0.25) is 0 Å². The topological polar surface area (TPSA) is 816 Å². The Morgan fingerprint density at radius 1 is 0.429 bits per heavy atom. The number of ether oxygens (including phenoxy) is 16. The molecule has 0 radical (unpaired) electrons. The Kier molecular flexibility index (Phi) is 31.5. The lowest BCUT2D eigenvalue weighted by Gasteiger charge is -2.48. The Bertz CT molecular complexity index is 6010. The second-order valence-electron chi connectivity index (χ2n) is 36.9. The van der Waals surface area contributed by atoms with Crippen LogP contribution in [0.15, 0.2) is 121 Å². The van der Waals surface area contributed by atoms with Crippen LogP contribution in [0.25, 0.3) is 11.1 Å². The van der Waals surface area contributed by atoms with E-state index in [2.05, 4.69) is 31.9 Å². The second kappa shape index (κ2) is 43.6. The molecular formula is C95H110N8O44. The average Bonchev–Trinajstić information content (AvgIpc) is 0.742. The van der Waals surface area contributed by atoms with Gasteiger partial charge in [0, 0.05) is 40.8 Å². The van der Waals surface area contributed by atoms with Crippen LogP contribution in [0, 0.1) is 6.92 Å². The summed E-state index contributed by atoms with van der Waals surface area (Å²) >= 11 is 0. The number of phenolic OH excluding ortho intramolecular Hbond substituents is 4. The molecular weight excluding hydrogens is 1960 g/mol. The molecule has 794 valence electrons. The van der Waals surface area contributed by atoms with Crippen molar-refractivity contribution in [2.45, 2.75) is 254 Å². The summed E-state index contributed by atoms with van der Waals surface area (Å²) in [6.45, 7) is 0.141. The van der Waals surface area contributed by atoms with Crippen LogP contribution in [0.5, 0.6) is 69.0 Å². The molecule has 52 heteroatoms. The quantitative estimate of drug-likeness (QED) is 0.0400. The summed E-state index contributed by atoms with van der Waals surface area (Å²) in [7, 11) is 0.873. The number of nitrogens with one attached hydrogen (secondary N) is 6. The normalized spacial score (nSPS) is 36.2. The van der Waals surface area contributed by atoms with E-state index in [0.29, 0.717) is 0 Å². The fourth-order valence-electron chi connectivity index (χ4n) is 18.6. The van der Waals surface area contributed by atoms with Crippen LogP contribution >= 0.6 is 0 Å². The van der Waals surface area contributed by atoms with E-state index in [-0.39, 0.29) is 39.5 Å². The molecule has 12 aliphatic heterocycles. The lowest BCUT2D eigenvalue weighted by Crippen LogP contribution is -2.67. The average molecular weight is 2070 g/mol. The fraction of sp³-hybridized carbons (Fsp3) is 0.484. The molecule has 0 unspecified atom stereocenters. The summed E-state index contributed by atoms with van der Waals surface area (Å²) in [6, 6.07) is 4.22. The number of hydrogen-bond acceptors (Lipinski definition) is 46. The first-order valence-electron chi connectivity index (χ1n) is 46.4. The number of methoxy groups -OCH3 is 1. The van der Waals surface area contributed by atoms with Crippen molar-refractivity contribution in [2.24, 2.45) is 11.5 Å². The van der Waals surface area contributed by atoms with Crippen molar-refractivity contribution in [1.82, 2.24) is 31.9 Å². The molecule has 0 aliphatic carbocycles. The van der Waals surface area contributed by atoms with Gasteiger partial charge in [0.25, 0.3) is 0 Å². The molecule has 0 saturated carbocycles. The van der Waals surface area contributed by atoms with Crippen molar-refractivity contribution in [3.63, 3.8) is 0 Å². The first-order chi connectivity index (χ1) is 70.0. The Morgan fingerprint density at radius 3 is 1.59 bits per heavy atom. The zero-order valence-electron chi connectivity index (χ0n) is 77.9. The maximum absolute atomic E-state index is 17.3. The van der Waals surface area contributed by atoms with Crippen molar-refractivity contribution >= 4 is 41.4 Å². The van der Waals surface area contributed by atoms with Crippen molar-refractivity contribution in [1.29, 1.82) is 0 Å². The Balaban J connectivity index is 0.908. The van der Waals surface area contributed by atoms with Gasteiger partial charge in [0.05, 0.1) is 51.8 Å². The van der Waals surface area contributed by atoms with Gasteiger partial charge in [-0.15, -0.1) is 0 Å². The van der Waals surface area contributed by atoms with Crippen LogP contribution in [0.3, 0.4) is 0 Å². The highest BCUT2D eigenvalue weighted by molar-refractivity contribution is 6.00. The van der Waals surface area contributed by atoms with Crippen LogP contribution in [0.4, 0.5) is 0 Å². The number of carbonyl (C=O) groups is 7. The minimum Gasteiger partial charge on any atom is -0.508 e. The molecule has 0 spiro atoms. The molecule has 7 aromatic rings. The number of benzene rings is 7. The molecule has 52 nitrogen and oxygen atoms in total. The Hall–Kier alpha value is -12.1. The van der Waals surface area contributed by atoms with Crippen LogP contribution in [0.1, 0.15) is 107 Å². The van der Waals surface area contributed by atoms with Gasteiger partial charge < -0.3 is 226 Å². The number of esters is 1. The summed E-state index contributed by atoms with van der Waals surface area (Å²) in [5, 5.41) is 257. The summed E-state index contributed by atoms with van der Waals surface area (Å²) in [5.41, 5.74) is 9.22. The molecule has 19 rings (SSSR count). The Morgan fingerprint density at radius 2 is 0.946 bits per heavy atom. The van der Waals surface area contributed by atoms with E-state index in [1.54, 1.807) is 0 Å². The number of nitrogens with two attached hydrogens (primary N) is 2. The van der Waals surface area contributed by atoms with E-state index in [1.165, 1.54) is 51.1 Å². The smallest absolute Gasteiger partial charge is 0.333 e. The molecule has 6 fully saturated rings. The van der Waals surface area contributed by atoms with Gasteiger partial charge in [-0.3, -0.25) is 28.8 Å². The number of rotatable bonds is 16. The van der Waals surface area contributed by atoms with E-state index in [0.717, 1.165) is 98.1 Å². The second-order valence-corrected chi connectivity index (χ2v) is 36.9. The number of phenols is 4. The number of amides is 6. The first kappa shape index (κ1) is 106. The van der Waals surface area contributed by atoms with Crippen molar-refractivity contribution in [3.8, 4) is 80.1 Å². The zero-order chi connectivity index (χ0) is 105. The summed E-state index contributed by atoms with van der Waals surface area (Å²) in [6.07, 6.45) is -58.6. The molecule has 37 atom stereocenters. The number of aliphatic hydroxyl groups excluding tert-OH is 17. The van der Waals surface area contributed by atoms with Gasteiger partial charge in [-0.05, 0) is 133 Å². The standard InChI is InChI=1S/C95H110N8O44/c1-30-47(109)18-37-20-49(30)139-50-19-35(9-16-46(50)108)59(97)84(125)102-64-68(113)33-5-11-40(12-6-33)137-52-21-38-22-53(81(52)145-95-83(76(121)72(117)56(143-95)29-134-91-78(123)73(118)67(112)32(3)136-91)147-94-82(75(120)71(116)55(27-105)142-94)146-92-77(122)69(114)48(110)28-133-92)138-41-13-7-34(8-14-41)80(144-57-25-44(96)66(111)31(2)135-57)65-89(130)101-63(90(131)132-4)43-23-39(106)24-51(140-93-79(124)74(119)70(115)54(26-104)141-93)58(43)42-17-36(10-15-45(42)107)60(85(126)103-65)98-87(128)62(38)99-86(127)61(37)100-88(64)129/h5-24,31-32,44,48,54-57,59-80,82-83,91-95,104-124H,25-29,96-97H2,1-4H3,(H,98,128)(H,99,127)(H,100,129)(H,101,130)(H,102,125)(H,103,126)/t31-,32-,44-,48-,54-,55+,56-,57-,59-,60-,61+,62-,63+,64-,65+,66+,67-,68-,69-,70-,71-,72+,73-,74-,75-,76+,77-,78+,79+,80-,82-,83-,91+,92-,93-,94-,95-/m1/s1. The number of carbonyl (C=O) groups excluding carboxylic acids is 7. The van der Waals surface area contributed by atoms with Gasteiger partial charge in [-0.2, -0.15) is 0 Å². The van der Waals surface area contributed by atoms with Crippen LogP contribution in [-0.4, -0.2) is 366 Å².